The second kappa shape index (κ2) is 6.66. The molecule has 0 aliphatic carbocycles. The SMILES string of the molecule is ClC(c1ccccc1)c1nnc(CCC2CCCO2)s1. The van der Waals surface area contributed by atoms with E-state index in [-0.39, 0.29) is 5.38 Å². The van der Waals surface area contributed by atoms with Gasteiger partial charge in [-0.1, -0.05) is 41.7 Å². The Kier molecular flexibility index (Phi) is 4.65. The topological polar surface area (TPSA) is 35.0 Å². The number of hydrogen-bond donors (Lipinski definition) is 0. The van der Waals surface area contributed by atoms with E-state index >= 15 is 0 Å². The van der Waals surface area contributed by atoms with Crippen LogP contribution in [0.4, 0.5) is 0 Å². The first-order valence-electron chi connectivity index (χ1n) is 6.96. The molecule has 2 heterocycles. The van der Waals surface area contributed by atoms with Gasteiger partial charge in [-0.05, 0) is 24.8 Å². The molecule has 1 fully saturated rings. The fourth-order valence-electron chi connectivity index (χ4n) is 2.39. The number of aromatic nitrogens is 2. The molecule has 1 saturated heterocycles. The molecule has 2 atom stereocenters. The van der Waals surface area contributed by atoms with Gasteiger partial charge in [-0.3, -0.25) is 0 Å². The Hall–Kier alpha value is -0.970. The van der Waals surface area contributed by atoms with Crippen molar-refractivity contribution in [1.82, 2.24) is 10.2 Å². The molecule has 0 bridgehead atoms. The van der Waals surface area contributed by atoms with Crippen molar-refractivity contribution in [2.45, 2.75) is 37.2 Å². The quantitative estimate of drug-likeness (QED) is 0.784. The maximum atomic E-state index is 6.46. The predicted octanol–water partition coefficient (Wildman–Crippen LogP) is 3.98. The van der Waals surface area contributed by atoms with Crippen molar-refractivity contribution in [3.05, 3.63) is 45.9 Å². The van der Waals surface area contributed by atoms with Gasteiger partial charge in [-0.25, -0.2) is 0 Å². The number of nitrogens with zero attached hydrogens (tertiary/aromatic N) is 2. The molecular formula is C15H17ClN2OS. The molecule has 3 nitrogen and oxygen atoms in total. The highest BCUT2D eigenvalue weighted by Gasteiger charge is 2.18. The molecule has 2 unspecified atom stereocenters. The van der Waals surface area contributed by atoms with E-state index in [1.807, 2.05) is 30.3 Å². The Morgan fingerprint density at radius 3 is 2.90 bits per heavy atom. The highest BCUT2D eigenvalue weighted by Crippen LogP contribution is 2.31. The van der Waals surface area contributed by atoms with E-state index in [0.717, 1.165) is 35.0 Å². The third kappa shape index (κ3) is 3.37. The minimum atomic E-state index is -0.204. The van der Waals surface area contributed by atoms with Gasteiger partial charge in [0.05, 0.1) is 6.10 Å². The summed E-state index contributed by atoms with van der Waals surface area (Å²) in [5.41, 5.74) is 1.07. The first kappa shape index (κ1) is 14.0. The summed E-state index contributed by atoms with van der Waals surface area (Å²) in [7, 11) is 0. The maximum Gasteiger partial charge on any atom is 0.139 e. The van der Waals surface area contributed by atoms with Crippen molar-refractivity contribution in [2.24, 2.45) is 0 Å². The zero-order chi connectivity index (χ0) is 13.8. The van der Waals surface area contributed by atoms with E-state index in [9.17, 15) is 0 Å². The molecule has 1 aliphatic rings. The van der Waals surface area contributed by atoms with Gasteiger partial charge in [-0.2, -0.15) is 0 Å². The zero-order valence-corrected chi connectivity index (χ0v) is 12.7. The summed E-state index contributed by atoms with van der Waals surface area (Å²) in [5, 5.41) is 10.2. The minimum absolute atomic E-state index is 0.204. The van der Waals surface area contributed by atoms with Crippen molar-refractivity contribution < 1.29 is 4.74 Å². The summed E-state index contributed by atoms with van der Waals surface area (Å²) in [5.74, 6) is 0. The van der Waals surface area contributed by atoms with Crippen LogP contribution in [0.25, 0.3) is 0 Å². The van der Waals surface area contributed by atoms with Gasteiger partial charge in [0.2, 0.25) is 0 Å². The molecule has 0 radical (unpaired) electrons. The number of aryl methyl sites for hydroxylation is 1. The van der Waals surface area contributed by atoms with Gasteiger partial charge >= 0.3 is 0 Å². The van der Waals surface area contributed by atoms with Crippen molar-refractivity contribution in [1.29, 1.82) is 0 Å². The third-order valence-electron chi connectivity index (χ3n) is 3.50. The van der Waals surface area contributed by atoms with Crippen LogP contribution < -0.4 is 0 Å². The molecule has 0 amide bonds. The molecule has 1 aromatic carbocycles. The molecule has 5 heteroatoms. The lowest BCUT2D eigenvalue weighted by molar-refractivity contribution is 0.104. The van der Waals surface area contributed by atoms with Crippen LogP contribution >= 0.6 is 22.9 Å². The van der Waals surface area contributed by atoms with Crippen LogP contribution in [0.15, 0.2) is 30.3 Å². The number of benzene rings is 1. The molecule has 20 heavy (non-hydrogen) atoms. The van der Waals surface area contributed by atoms with Crippen LogP contribution in [0.1, 0.15) is 40.2 Å². The van der Waals surface area contributed by atoms with E-state index in [1.54, 1.807) is 11.3 Å². The molecule has 0 spiro atoms. The van der Waals surface area contributed by atoms with Crippen LogP contribution in [0.2, 0.25) is 0 Å². The molecule has 3 rings (SSSR count). The van der Waals surface area contributed by atoms with Gasteiger partial charge in [0.15, 0.2) is 0 Å². The first-order valence-corrected chi connectivity index (χ1v) is 8.21. The monoisotopic (exact) mass is 308 g/mol. The smallest absolute Gasteiger partial charge is 0.139 e. The van der Waals surface area contributed by atoms with Gasteiger partial charge < -0.3 is 4.74 Å². The normalized spacial score (nSPS) is 20.1. The Morgan fingerprint density at radius 1 is 1.30 bits per heavy atom. The Bertz CT molecular complexity index is 540. The molecular weight excluding hydrogens is 292 g/mol. The molecule has 0 N–H and O–H groups in total. The second-order valence-corrected chi connectivity index (χ2v) is 6.51. The van der Waals surface area contributed by atoms with Crippen molar-refractivity contribution in [2.75, 3.05) is 6.61 Å². The fourth-order valence-corrected chi connectivity index (χ4v) is 3.58. The molecule has 1 aromatic heterocycles. The van der Waals surface area contributed by atoms with E-state index in [2.05, 4.69) is 10.2 Å². The summed E-state index contributed by atoms with van der Waals surface area (Å²) in [6, 6.07) is 10.0. The van der Waals surface area contributed by atoms with E-state index < -0.39 is 0 Å². The number of alkyl halides is 1. The van der Waals surface area contributed by atoms with Crippen LogP contribution in [0.3, 0.4) is 0 Å². The Morgan fingerprint density at radius 2 is 2.15 bits per heavy atom. The van der Waals surface area contributed by atoms with Crippen LogP contribution in [-0.4, -0.2) is 22.9 Å². The largest absolute Gasteiger partial charge is 0.378 e. The summed E-state index contributed by atoms with van der Waals surface area (Å²) in [6.45, 7) is 0.907. The van der Waals surface area contributed by atoms with E-state index in [0.29, 0.717) is 6.10 Å². The van der Waals surface area contributed by atoms with Gasteiger partial charge in [0.1, 0.15) is 15.4 Å². The second-order valence-electron chi connectivity index (χ2n) is 4.98. The highest BCUT2D eigenvalue weighted by molar-refractivity contribution is 7.11. The lowest BCUT2D eigenvalue weighted by atomic mass is 10.1. The van der Waals surface area contributed by atoms with E-state index in [4.69, 9.17) is 16.3 Å². The molecule has 0 saturated carbocycles. The third-order valence-corrected chi connectivity index (χ3v) is 5.13. The Labute approximate surface area is 128 Å². The van der Waals surface area contributed by atoms with Gasteiger partial charge in [0, 0.05) is 13.0 Å². The van der Waals surface area contributed by atoms with Gasteiger partial charge in [-0.15, -0.1) is 21.8 Å². The predicted molar refractivity (Wildman–Crippen MR) is 81.3 cm³/mol. The van der Waals surface area contributed by atoms with Crippen LogP contribution in [0.5, 0.6) is 0 Å². The standard InChI is InChI=1S/C15H17ClN2OS/c16-14(11-5-2-1-3-6-11)15-18-17-13(20-15)9-8-12-7-4-10-19-12/h1-3,5-6,12,14H,4,7-10H2. The minimum Gasteiger partial charge on any atom is -0.378 e. The average Bonchev–Trinajstić information content (AvgIpc) is 3.17. The Balaban J connectivity index is 1.61. The number of rotatable bonds is 5. The van der Waals surface area contributed by atoms with Crippen molar-refractivity contribution in [3.63, 3.8) is 0 Å². The van der Waals surface area contributed by atoms with Crippen LogP contribution in [0, 0.1) is 0 Å². The first-order chi connectivity index (χ1) is 9.83. The summed E-state index contributed by atoms with van der Waals surface area (Å²) >= 11 is 8.06. The molecule has 1 aliphatic heterocycles. The number of ether oxygens (including phenoxy) is 1. The summed E-state index contributed by atoms with van der Waals surface area (Å²) < 4.78 is 5.63. The number of hydrogen-bond acceptors (Lipinski definition) is 4. The number of halogens is 1. The highest BCUT2D eigenvalue weighted by atomic mass is 35.5. The fraction of sp³-hybridized carbons (Fsp3) is 0.467. The lowest BCUT2D eigenvalue weighted by Crippen LogP contribution is -2.05. The van der Waals surface area contributed by atoms with Crippen LogP contribution in [-0.2, 0) is 11.2 Å². The van der Waals surface area contributed by atoms with E-state index in [1.165, 1.54) is 12.8 Å². The lowest BCUT2D eigenvalue weighted by Gasteiger charge is -2.06. The summed E-state index contributed by atoms with van der Waals surface area (Å²) in [4.78, 5) is 0. The van der Waals surface area contributed by atoms with Crippen molar-refractivity contribution in [3.8, 4) is 0 Å². The van der Waals surface area contributed by atoms with Gasteiger partial charge in [0.25, 0.3) is 0 Å². The molecule has 106 valence electrons. The average molecular weight is 309 g/mol. The van der Waals surface area contributed by atoms with Crippen molar-refractivity contribution >= 4 is 22.9 Å². The molecule has 2 aromatic rings. The maximum absolute atomic E-state index is 6.46. The zero-order valence-electron chi connectivity index (χ0n) is 11.2. The summed E-state index contributed by atoms with van der Waals surface area (Å²) in [6.07, 6.45) is 4.73.